The first kappa shape index (κ1) is 21.4. The first-order valence-electron chi connectivity index (χ1n) is 9.45. The summed E-state index contributed by atoms with van der Waals surface area (Å²) in [4.78, 5) is 16.9. The minimum Gasteiger partial charge on any atom is -0.494 e. The van der Waals surface area contributed by atoms with Crippen LogP contribution in [0.25, 0.3) is 0 Å². The molecule has 0 atom stereocenters. The van der Waals surface area contributed by atoms with Crippen molar-refractivity contribution in [2.75, 3.05) is 24.8 Å². The predicted molar refractivity (Wildman–Crippen MR) is 113 cm³/mol. The maximum Gasteiger partial charge on any atom is 0.259 e. The lowest BCUT2D eigenvalue weighted by atomic mass is 10.1. The Morgan fingerprint density at radius 3 is 2.86 bits per heavy atom. The molecular weight excluding hydrogens is 354 g/mol. The van der Waals surface area contributed by atoms with Crippen LogP contribution in [0.2, 0.25) is 0 Å². The molecule has 2 aromatic rings. The Morgan fingerprint density at radius 2 is 2.11 bits per heavy atom. The van der Waals surface area contributed by atoms with Gasteiger partial charge in [0.25, 0.3) is 5.91 Å². The zero-order valence-corrected chi connectivity index (χ0v) is 16.8. The van der Waals surface area contributed by atoms with Crippen LogP contribution < -0.4 is 15.8 Å². The van der Waals surface area contributed by atoms with Crippen molar-refractivity contribution in [2.45, 2.75) is 39.7 Å². The van der Waals surface area contributed by atoms with Gasteiger partial charge < -0.3 is 20.5 Å². The summed E-state index contributed by atoms with van der Waals surface area (Å²) in [6, 6.07) is 9.07. The van der Waals surface area contributed by atoms with E-state index in [1.165, 1.54) is 0 Å². The molecule has 0 bridgehead atoms. The largest absolute Gasteiger partial charge is 0.494 e. The Morgan fingerprint density at radius 1 is 1.29 bits per heavy atom. The average Bonchev–Trinajstić information content (AvgIpc) is 2.67. The summed E-state index contributed by atoms with van der Waals surface area (Å²) in [5, 5.41) is 2.86. The summed E-state index contributed by atoms with van der Waals surface area (Å²) >= 11 is 0. The lowest BCUT2D eigenvalue weighted by Gasteiger charge is -2.12. The molecule has 0 aliphatic carbocycles. The van der Waals surface area contributed by atoms with Crippen molar-refractivity contribution in [3.63, 3.8) is 0 Å². The Kier molecular flexibility index (Phi) is 8.49. The summed E-state index contributed by atoms with van der Waals surface area (Å²) in [5.41, 5.74) is 8.53. The number of allylic oxidation sites excluding steroid dienone is 2. The first-order chi connectivity index (χ1) is 13.5. The minimum atomic E-state index is -0.305. The van der Waals surface area contributed by atoms with Crippen LogP contribution in [0.15, 0.2) is 42.5 Å². The highest BCUT2D eigenvalue weighted by atomic mass is 16.5. The molecule has 1 aromatic carbocycles. The Hall–Kier alpha value is -2.86. The van der Waals surface area contributed by atoms with Gasteiger partial charge in [-0.05, 0) is 56.9 Å². The average molecular weight is 383 g/mol. The molecule has 6 nitrogen and oxygen atoms in total. The highest BCUT2D eigenvalue weighted by Crippen LogP contribution is 2.21. The number of rotatable bonds is 10. The van der Waals surface area contributed by atoms with E-state index in [0.717, 1.165) is 36.3 Å². The third-order valence-electron chi connectivity index (χ3n) is 4.23. The van der Waals surface area contributed by atoms with Crippen molar-refractivity contribution < 1.29 is 14.3 Å². The van der Waals surface area contributed by atoms with Gasteiger partial charge in [-0.1, -0.05) is 18.2 Å². The summed E-state index contributed by atoms with van der Waals surface area (Å²) in [6.45, 7) is 4.90. The number of anilines is 2. The SMILES string of the molecule is CC=CCCCCOc1cccc(NC(=O)c2cc(C)c(COC)nc2N)c1. The van der Waals surface area contributed by atoms with E-state index < -0.39 is 0 Å². The lowest BCUT2D eigenvalue weighted by molar-refractivity contribution is 0.102. The van der Waals surface area contributed by atoms with Gasteiger partial charge in [0.1, 0.15) is 11.6 Å². The molecule has 3 N–H and O–H groups in total. The number of aryl methyl sites for hydroxylation is 1. The smallest absolute Gasteiger partial charge is 0.259 e. The number of ether oxygens (including phenoxy) is 2. The summed E-state index contributed by atoms with van der Waals surface area (Å²) in [5.74, 6) is 0.603. The fraction of sp³-hybridized carbons (Fsp3) is 0.364. The molecule has 1 heterocycles. The number of unbranched alkanes of at least 4 members (excludes halogenated alkanes) is 2. The van der Waals surface area contributed by atoms with Crippen molar-refractivity contribution >= 4 is 17.4 Å². The monoisotopic (exact) mass is 383 g/mol. The van der Waals surface area contributed by atoms with Crippen molar-refractivity contribution in [1.29, 1.82) is 0 Å². The van der Waals surface area contributed by atoms with Gasteiger partial charge in [-0.25, -0.2) is 4.98 Å². The number of nitrogen functional groups attached to an aromatic ring is 1. The molecule has 2 rings (SSSR count). The zero-order chi connectivity index (χ0) is 20.4. The van der Waals surface area contributed by atoms with Crippen molar-refractivity contribution in [2.24, 2.45) is 0 Å². The fourth-order valence-electron chi connectivity index (χ4n) is 2.72. The van der Waals surface area contributed by atoms with Crippen molar-refractivity contribution in [1.82, 2.24) is 4.98 Å². The fourth-order valence-corrected chi connectivity index (χ4v) is 2.72. The van der Waals surface area contributed by atoms with Crippen LogP contribution in [0.5, 0.6) is 5.75 Å². The molecule has 0 spiro atoms. The molecule has 0 unspecified atom stereocenters. The van der Waals surface area contributed by atoms with Crippen LogP contribution in [-0.4, -0.2) is 24.6 Å². The number of benzene rings is 1. The van der Waals surface area contributed by atoms with E-state index in [9.17, 15) is 4.79 Å². The summed E-state index contributed by atoms with van der Waals surface area (Å²) in [6.07, 6.45) is 7.35. The van der Waals surface area contributed by atoms with Crippen LogP contribution in [0.1, 0.15) is 47.8 Å². The van der Waals surface area contributed by atoms with Crippen LogP contribution in [0, 0.1) is 6.92 Å². The van der Waals surface area contributed by atoms with Crippen LogP contribution >= 0.6 is 0 Å². The van der Waals surface area contributed by atoms with E-state index >= 15 is 0 Å². The Labute approximate surface area is 166 Å². The predicted octanol–water partition coefficient (Wildman–Crippen LogP) is 4.50. The Bertz CT molecular complexity index is 819. The third-order valence-corrected chi connectivity index (χ3v) is 4.23. The number of carbonyl (C=O) groups excluding carboxylic acids is 1. The summed E-state index contributed by atoms with van der Waals surface area (Å²) < 4.78 is 10.9. The van der Waals surface area contributed by atoms with Gasteiger partial charge in [-0.15, -0.1) is 0 Å². The number of nitrogens with two attached hydrogens (primary N) is 1. The second kappa shape index (κ2) is 11.1. The van der Waals surface area contributed by atoms with Gasteiger partial charge in [0.15, 0.2) is 0 Å². The maximum atomic E-state index is 12.6. The number of hydrogen-bond donors (Lipinski definition) is 2. The quantitative estimate of drug-likeness (QED) is 0.466. The molecule has 150 valence electrons. The molecule has 1 amide bonds. The molecule has 28 heavy (non-hydrogen) atoms. The molecule has 0 aliphatic heterocycles. The molecule has 0 aliphatic rings. The van der Waals surface area contributed by atoms with E-state index in [1.54, 1.807) is 19.2 Å². The van der Waals surface area contributed by atoms with Gasteiger partial charge in [0.2, 0.25) is 0 Å². The lowest BCUT2D eigenvalue weighted by Crippen LogP contribution is -2.16. The second-order valence-electron chi connectivity index (χ2n) is 6.51. The van der Waals surface area contributed by atoms with Gasteiger partial charge >= 0.3 is 0 Å². The number of nitrogens with zero attached hydrogens (tertiary/aromatic N) is 1. The van der Waals surface area contributed by atoms with Gasteiger partial charge in [-0.3, -0.25) is 4.79 Å². The maximum absolute atomic E-state index is 12.6. The van der Waals surface area contributed by atoms with E-state index in [4.69, 9.17) is 15.2 Å². The number of nitrogens with one attached hydrogen (secondary N) is 1. The molecule has 0 fully saturated rings. The highest BCUT2D eigenvalue weighted by molar-refractivity contribution is 6.07. The number of pyridine rings is 1. The van der Waals surface area contributed by atoms with E-state index in [1.807, 2.05) is 32.0 Å². The van der Waals surface area contributed by atoms with Gasteiger partial charge in [0, 0.05) is 18.9 Å². The Balaban J connectivity index is 1.98. The number of amides is 1. The molecular formula is C22H29N3O3. The van der Waals surface area contributed by atoms with E-state index in [-0.39, 0.29) is 11.7 Å². The van der Waals surface area contributed by atoms with Crippen LogP contribution in [-0.2, 0) is 11.3 Å². The number of hydrogen-bond acceptors (Lipinski definition) is 5. The van der Waals surface area contributed by atoms with E-state index in [2.05, 4.69) is 22.5 Å². The molecule has 6 heteroatoms. The number of carbonyl (C=O) groups is 1. The van der Waals surface area contributed by atoms with Crippen molar-refractivity contribution in [3.8, 4) is 5.75 Å². The zero-order valence-electron chi connectivity index (χ0n) is 16.8. The second-order valence-corrected chi connectivity index (χ2v) is 6.51. The molecule has 0 radical (unpaired) electrons. The number of methoxy groups -OCH3 is 1. The van der Waals surface area contributed by atoms with Gasteiger partial charge in [0.05, 0.1) is 24.5 Å². The van der Waals surface area contributed by atoms with Crippen molar-refractivity contribution in [3.05, 3.63) is 59.3 Å². The van der Waals surface area contributed by atoms with Gasteiger partial charge in [-0.2, -0.15) is 0 Å². The third kappa shape index (κ3) is 6.39. The van der Waals surface area contributed by atoms with Crippen LogP contribution in [0.4, 0.5) is 11.5 Å². The highest BCUT2D eigenvalue weighted by Gasteiger charge is 2.14. The topological polar surface area (TPSA) is 86.5 Å². The molecule has 1 aromatic heterocycles. The number of aromatic nitrogens is 1. The first-order valence-corrected chi connectivity index (χ1v) is 9.45. The minimum absolute atomic E-state index is 0.184. The standard InChI is InChI=1S/C22H29N3O3/c1-4-5-6-7-8-12-28-18-11-9-10-17(14-18)24-22(26)19-13-16(2)20(15-27-3)25-21(19)23/h4-5,9-11,13-14H,6-8,12,15H2,1-3H3,(H2,23,25)(H,24,26). The molecule has 0 saturated carbocycles. The molecule has 0 saturated heterocycles. The van der Waals surface area contributed by atoms with E-state index in [0.29, 0.717) is 24.5 Å². The van der Waals surface area contributed by atoms with Crippen LogP contribution in [0.3, 0.4) is 0 Å². The normalized spacial score (nSPS) is 11.0. The summed E-state index contributed by atoms with van der Waals surface area (Å²) in [7, 11) is 1.59.